The smallest absolute Gasteiger partial charge is 0.221 e. The monoisotopic (exact) mass is 455 g/mol. The summed E-state index contributed by atoms with van der Waals surface area (Å²) in [5.74, 6) is 0.865. The van der Waals surface area contributed by atoms with Gasteiger partial charge in [0.1, 0.15) is 0 Å². The van der Waals surface area contributed by atoms with Crippen molar-refractivity contribution in [1.29, 1.82) is 0 Å². The SMILES string of the molecule is CCCNC(=O)CCNC(=NCCN(C(C)C)C(C)C)NCC.I. The lowest BCUT2D eigenvalue weighted by atomic mass is 10.2. The number of aliphatic imine (C=N–C) groups is 1. The highest BCUT2D eigenvalue weighted by Gasteiger charge is 2.12. The fraction of sp³-hybridized carbons (Fsp3) is 0.882. The number of nitrogens with one attached hydrogen (secondary N) is 3. The van der Waals surface area contributed by atoms with Crippen molar-refractivity contribution in [1.82, 2.24) is 20.9 Å². The van der Waals surface area contributed by atoms with Gasteiger partial charge in [-0.1, -0.05) is 6.92 Å². The van der Waals surface area contributed by atoms with E-state index >= 15 is 0 Å². The molecule has 0 aliphatic carbocycles. The number of halogens is 1. The van der Waals surface area contributed by atoms with Crippen LogP contribution < -0.4 is 16.0 Å². The molecule has 0 aromatic rings. The molecule has 6 nitrogen and oxygen atoms in total. The lowest BCUT2D eigenvalue weighted by Crippen LogP contribution is -2.41. The Kier molecular flexibility index (Phi) is 17.0. The van der Waals surface area contributed by atoms with Crippen molar-refractivity contribution >= 4 is 35.8 Å². The molecular weight excluding hydrogens is 417 g/mol. The number of carbonyl (C=O) groups excluding carboxylic acids is 1. The summed E-state index contributed by atoms with van der Waals surface area (Å²) in [5.41, 5.74) is 0. The van der Waals surface area contributed by atoms with E-state index < -0.39 is 0 Å². The molecule has 0 saturated carbocycles. The van der Waals surface area contributed by atoms with Gasteiger partial charge in [-0.3, -0.25) is 14.7 Å². The van der Waals surface area contributed by atoms with E-state index in [-0.39, 0.29) is 29.9 Å². The molecule has 7 heteroatoms. The topological polar surface area (TPSA) is 68.8 Å². The molecule has 0 unspecified atom stereocenters. The molecule has 0 saturated heterocycles. The van der Waals surface area contributed by atoms with Crippen molar-refractivity contribution in [2.24, 2.45) is 4.99 Å². The Balaban J connectivity index is 0. The second-order valence-corrected chi connectivity index (χ2v) is 6.21. The minimum Gasteiger partial charge on any atom is -0.357 e. The minimum absolute atomic E-state index is 0. The fourth-order valence-electron chi connectivity index (χ4n) is 2.38. The molecule has 24 heavy (non-hydrogen) atoms. The van der Waals surface area contributed by atoms with Crippen LogP contribution in [0.1, 0.15) is 54.4 Å². The standard InChI is InChI=1S/C17H37N5O.HI/c1-7-10-19-16(23)9-11-20-17(18-8-2)21-12-13-22(14(3)4)15(5)6;/h14-15H,7-13H2,1-6H3,(H,19,23)(H2,18,20,21);1H. The molecule has 0 heterocycles. The normalized spacial score (nSPS) is 11.6. The van der Waals surface area contributed by atoms with Crippen molar-refractivity contribution < 1.29 is 4.79 Å². The average molecular weight is 455 g/mol. The van der Waals surface area contributed by atoms with E-state index in [1.165, 1.54) is 0 Å². The molecule has 3 N–H and O–H groups in total. The van der Waals surface area contributed by atoms with Gasteiger partial charge >= 0.3 is 0 Å². The maximum Gasteiger partial charge on any atom is 0.221 e. The zero-order valence-corrected chi connectivity index (χ0v) is 18.6. The fourth-order valence-corrected chi connectivity index (χ4v) is 2.38. The van der Waals surface area contributed by atoms with Gasteiger partial charge in [0.15, 0.2) is 5.96 Å². The number of hydrogen-bond acceptors (Lipinski definition) is 3. The summed E-state index contributed by atoms with van der Waals surface area (Å²) in [4.78, 5) is 18.6. The van der Waals surface area contributed by atoms with Crippen LogP contribution in [-0.4, -0.2) is 61.6 Å². The maximum absolute atomic E-state index is 11.6. The van der Waals surface area contributed by atoms with Gasteiger partial charge in [-0.05, 0) is 41.0 Å². The molecule has 0 bridgehead atoms. The van der Waals surface area contributed by atoms with Gasteiger partial charge in [-0.25, -0.2) is 0 Å². The number of rotatable bonds is 11. The summed E-state index contributed by atoms with van der Waals surface area (Å²) in [5, 5.41) is 9.32. The highest BCUT2D eigenvalue weighted by Crippen LogP contribution is 2.03. The number of hydrogen-bond donors (Lipinski definition) is 3. The maximum atomic E-state index is 11.6. The van der Waals surface area contributed by atoms with Gasteiger partial charge in [0, 0.05) is 44.7 Å². The van der Waals surface area contributed by atoms with E-state index in [0.717, 1.165) is 38.6 Å². The van der Waals surface area contributed by atoms with Crippen LogP contribution in [0.25, 0.3) is 0 Å². The molecule has 0 aliphatic heterocycles. The van der Waals surface area contributed by atoms with Crippen LogP contribution in [-0.2, 0) is 4.79 Å². The molecule has 0 atom stereocenters. The third-order valence-corrected chi connectivity index (χ3v) is 3.52. The Labute approximate surface area is 165 Å². The van der Waals surface area contributed by atoms with Gasteiger partial charge in [-0.15, -0.1) is 24.0 Å². The van der Waals surface area contributed by atoms with Crippen LogP contribution in [0.4, 0.5) is 0 Å². The minimum atomic E-state index is 0. The van der Waals surface area contributed by atoms with E-state index in [1.54, 1.807) is 0 Å². The summed E-state index contributed by atoms with van der Waals surface area (Å²) < 4.78 is 0. The highest BCUT2D eigenvalue weighted by atomic mass is 127. The lowest BCUT2D eigenvalue weighted by molar-refractivity contribution is -0.120. The Morgan fingerprint density at radius 1 is 1.00 bits per heavy atom. The van der Waals surface area contributed by atoms with Crippen LogP contribution >= 0.6 is 24.0 Å². The lowest BCUT2D eigenvalue weighted by Gasteiger charge is -2.29. The number of nitrogens with zero attached hydrogens (tertiary/aromatic N) is 2. The average Bonchev–Trinajstić information content (AvgIpc) is 2.48. The predicted octanol–water partition coefficient (Wildman–Crippen LogP) is 2.19. The van der Waals surface area contributed by atoms with Gasteiger partial charge in [0.05, 0.1) is 6.54 Å². The summed E-state index contributed by atoms with van der Waals surface area (Å²) in [6, 6.07) is 1.03. The van der Waals surface area contributed by atoms with E-state index in [0.29, 0.717) is 25.0 Å². The molecule has 0 spiro atoms. The highest BCUT2D eigenvalue weighted by molar-refractivity contribution is 14.0. The van der Waals surface area contributed by atoms with Crippen molar-refractivity contribution in [2.75, 3.05) is 32.7 Å². The van der Waals surface area contributed by atoms with Crippen molar-refractivity contribution in [2.45, 2.75) is 66.5 Å². The molecule has 1 amide bonds. The molecule has 0 rings (SSSR count). The van der Waals surface area contributed by atoms with E-state index in [9.17, 15) is 4.79 Å². The van der Waals surface area contributed by atoms with Crippen LogP contribution in [0.15, 0.2) is 4.99 Å². The number of amides is 1. The van der Waals surface area contributed by atoms with E-state index in [2.05, 4.69) is 53.5 Å². The van der Waals surface area contributed by atoms with Gasteiger partial charge in [0.25, 0.3) is 0 Å². The second-order valence-electron chi connectivity index (χ2n) is 6.21. The zero-order valence-electron chi connectivity index (χ0n) is 16.3. The molecule has 0 fully saturated rings. The third-order valence-electron chi connectivity index (χ3n) is 3.52. The van der Waals surface area contributed by atoms with Crippen molar-refractivity contribution in [3.05, 3.63) is 0 Å². The van der Waals surface area contributed by atoms with Crippen molar-refractivity contribution in [3.63, 3.8) is 0 Å². The molecule has 0 aromatic carbocycles. The quantitative estimate of drug-likeness (QED) is 0.254. The Bertz CT molecular complexity index is 340. The van der Waals surface area contributed by atoms with Gasteiger partial charge in [0.2, 0.25) is 5.91 Å². The summed E-state index contributed by atoms with van der Waals surface area (Å²) >= 11 is 0. The molecule has 0 aliphatic rings. The number of carbonyl (C=O) groups is 1. The number of guanidine groups is 1. The van der Waals surface area contributed by atoms with Crippen molar-refractivity contribution in [3.8, 4) is 0 Å². The van der Waals surface area contributed by atoms with Crippen LogP contribution in [0.3, 0.4) is 0 Å². The van der Waals surface area contributed by atoms with Crippen LogP contribution in [0.2, 0.25) is 0 Å². The summed E-state index contributed by atoms with van der Waals surface area (Å²) in [7, 11) is 0. The second kappa shape index (κ2) is 15.9. The summed E-state index contributed by atoms with van der Waals surface area (Å²) in [6.45, 7) is 16.8. The molecular formula is C17H38IN5O. The van der Waals surface area contributed by atoms with E-state index in [1.807, 2.05) is 13.8 Å². The molecule has 144 valence electrons. The van der Waals surface area contributed by atoms with Crippen LogP contribution in [0, 0.1) is 0 Å². The van der Waals surface area contributed by atoms with Gasteiger partial charge in [-0.2, -0.15) is 0 Å². The van der Waals surface area contributed by atoms with E-state index in [4.69, 9.17) is 0 Å². The predicted molar refractivity (Wildman–Crippen MR) is 114 cm³/mol. The Morgan fingerprint density at radius 2 is 1.62 bits per heavy atom. The third kappa shape index (κ3) is 12.8. The molecule has 0 radical (unpaired) electrons. The molecule has 0 aromatic heterocycles. The Hall–Kier alpha value is -0.570. The van der Waals surface area contributed by atoms with Gasteiger partial charge < -0.3 is 16.0 Å². The first-order valence-corrected chi connectivity index (χ1v) is 8.96. The first kappa shape index (κ1) is 25.7. The van der Waals surface area contributed by atoms with Crippen LogP contribution in [0.5, 0.6) is 0 Å². The zero-order chi connectivity index (χ0) is 17.7. The largest absolute Gasteiger partial charge is 0.357 e. The summed E-state index contributed by atoms with van der Waals surface area (Å²) in [6.07, 6.45) is 1.43. The Morgan fingerprint density at radius 3 is 2.12 bits per heavy atom. The first-order chi connectivity index (χ1) is 10.9. The first-order valence-electron chi connectivity index (χ1n) is 8.96.